The van der Waals surface area contributed by atoms with Crippen LogP contribution in [0.2, 0.25) is 0 Å². The molecule has 2 atom stereocenters. The molecule has 3 aromatic rings. The van der Waals surface area contributed by atoms with Crippen LogP contribution in [0.15, 0.2) is 59.9 Å². The van der Waals surface area contributed by atoms with Crippen LogP contribution >= 0.6 is 0 Å². The van der Waals surface area contributed by atoms with E-state index in [2.05, 4.69) is 0 Å². The van der Waals surface area contributed by atoms with Gasteiger partial charge in [-0.15, -0.1) is 0 Å². The van der Waals surface area contributed by atoms with Crippen molar-refractivity contribution in [2.24, 2.45) is 5.92 Å². The van der Waals surface area contributed by atoms with E-state index < -0.39 is 75.6 Å². The lowest BCUT2D eigenvalue weighted by Crippen LogP contribution is -2.31. The van der Waals surface area contributed by atoms with Crippen LogP contribution in [0.5, 0.6) is 34.5 Å². The van der Waals surface area contributed by atoms with Gasteiger partial charge in [-0.1, -0.05) is 12.1 Å². The number of phenolic OH excluding ortho intramolecular Hbond substituents is 5. The normalized spacial score (nSPS) is 16.6. The van der Waals surface area contributed by atoms with Crippen LogP contribution in [0.4, 0.5) is 0 Å². The topological polar surface area (TPSA) is 222 Å². The molecule has 0 spiro atoms. The highest BCUT2D eigenvalue weighted by Crippen LogP contribution is 2.47. The molecule has 200 valence electrons. The number of phenols is 5. The molecule has 0 amide bonds. The summed E-state index contributed by atoms with van der Waals surface area (Å²) in [5.74, 6) is -11.4. The van der Waals surface area contributed by atoms with E-state index in [9.17, 15) is 55.2 Å². The molecule has 0 saturated carbocycles. The van der Waals surface area contributed by atoms with Crippen LogP contribution in [0.1, 0.15) is 28.2 Å². The molecular formula is C27H20O12. The number of fused-ring (bicyclic) bond motifs is 1. The summed E-state index contributed by atoms with van der Waals surface area (Å²) in [6, 6.07) is 9.14. The fourth-order valence-electron chi connectivity index (χ4n) is 4.30. The van der Waals surface area contributed by atoms with Crippen molar-refractivity contribution in [3.8, 4) is 34.5 Å². The molecule has 0 radical (unpaired) electrons. The molecule has 4 rings (SSSR count). The van der Waals surface area contributed by atoms with Gasteiger partial charge in [-0.2, -0.15) is 0 Å². The molecule has 0 bridgehead atoms. The minimum Gasteiger partial charge on any atom is -0.504 e. The fraction of sp³-hybridized carbons (Fsp3) is 0.0741. The Hall–Kier alpha value is -5.65. The van der Waals surface area contributed by atoms with E-state index >= 15 is 0 Å². The number of hydrogen-bond donors (Lipinski definition) is 8. The summed E-state index contributed by atoms with van der Waals surface area (Å²) in [6.45, 7) is 0. The molecule has 12 heteroatoms. The summed E-state index contributed by atoms with van der Waals surface area (Å²) in [7, 11) is 0. The second kappa shape index (κ2) is 10.0. The van der Waals surface area contributed by atoms with Gasteiger partial charge in [-0.3, -0.25) is 4.79 Å². The van der Waals surface area contributed by atoms with E-state index in [0.29, 0.717) is 0 Å². The van der Waals surface area contributed by atoms with Crippen molar-refractivity contribution in [3.63, 3.8) is 0 Å². The zero-order valence-electron chi connectivity index (χ0n) is 19.6. The lowest BCUT2D eigenvalue weighted by Gasteiger charge is -2.31. The first-order chi connectivity index (χ1) is 18.4. The van der Waals surface area contributed by atoms with Gasteiger partial charge in [0.2, 0.25) is 5.76 Å². The number of aromatic hydroxyl groups is 5. The minimum atomic E-state index is -1.68. The molecule has 1 aliphatic carbocycles. The van der Waals surface area contributed by atoms with Crippen molar-refractivity contribution < 1.29 is 60.0 Å². The van der Waals surface area contributed by atoms with Gasteiger partial charge in [0, 0.05) is 5.92 Å². The highest BCUT2D eigenvalue weighted by Gasteiger charge is 2.41. The third kappa shape index (κ3) is 5.11. The maximum absolute atomic E-state index is 12.3. The Kier molecular flexibility index (Phi) is 6.78. The summed E-state index contributed by atoms with van der Waals surface area (Å²) < 4.78 is 5.41. The molecule has 39 heavy (non-hydrogen) atoms. The highest BCUT2D eigenvalue weighted by molar-refractivity contribution is 6.01. The second-order valence-corrected chi connectivity index (χ2v) is 8.56. The smallest absolute Gasteiger partial charge is 0.371 e. The average Bonchev–Trinajstić information content (AvgIpc) is 2.86. The maximum atomic E-state index is 12.3. The predicted molar refractivity (Wildman–Crippen MR) is 132 cm³/mol. The first-order valence-electron chi connectivity index (χ1n) is 11.1. The van der Waals surface area contributed by atoms with Crippen molar-refractivity contribution in [1.29, 1.82) is 0 Å². The number of benzene rings is 3. The van der Waals surface area contributed by atoms with Crippen LogP contribution in [0.25, 0.3) is 12.2 Å². The number of ether oxygens (including phenoxy) is 1. The number of carbonyl (C=O) groups is 3. The number of aliphatic carboxylic acids is 3. The average molecular weight is 536 g/mol. The lowest BCUT2D eigenvalue weighted by atomic mass is 9.71. The summed E-state index contributed by atoms with van der Waals surface area (Å²) >= 11 is 0. The second-order valence-electron chi connectivity index (χ2n) is 8.56. The molecule has 0 aliphatic heterocycles. The van der Waals surface area contributed by atoms with Gasteiger partial charge in [0.1, 0.15) is 0 Å². The standard InChI is InChI=1S/C27H20O12/c28-16-3-1-11(5-18(16)30)6-22(26(35)36)39-21-9-12(2-4-17(21)29)23-14-10-20(32)19(31)8-13(14)7-15(25(33)34)24(23)27(37)38/h1-10,23-24,28-32H,(H,33,34)(H,35,36)(H,37,38). The number of rotatable bonds is 7. The van der Waals surface area contributed by atoms with Gasteiger partial charge in [0.05, 0.1) is 11.5 Å². The van der Waals surface area contributed by atoms with E-state index in [1.54, 1.807) is 0 Å². The summed E-state index contributed by atoms with van der Waals surface area (Å²) in [5, 5.41) is 78.9. The summed E-state index contributed by atoms with van der Waals surface area (Å²) in [6.07, 6.45) is 2.07. The van der Waals surface area contributed by atoms with E-state index in [-0.39, 0.29) is 22.3 Å². The number of hydrogen-bond acceptors (Lipinski definition) is 9. The SMILES string of the molecule is O=C(O)C(=Cc1ccc(O)c(O)c1)Oc1cc(C2c3cc(O)c(O)cc3C=C(C(=O)O)C2C(=O)O)ccc1O. The fourth-order valence-corrected chi connectivity index (χ4v) is 4.30. The lowest BCUT2D eigenvalue weighted by molar-refractivity contribution is -0.144. The van der Waals surface area contributed by atoms with E-state index in [1.807, 2.05) is 0 Å². The molecule has 0 aromatic heterocycles. The molecule has 3 aromatic carbocycles. The van der Waals surface area contributed by atoms with Gasteiger partial charge in [0.25, 0.3) is 0 Å². The number of carboxylic acid groups (broad SMARTS) is 3. The van der Waals surface area contributed by atoms with E-state index in [1.165, 1.54) is 12.1 Å². The van der Waals surface area contributed by atoms with Gasteiger partial charge in [-0.05, 0) is 70.8 Å². The van der Waals surface area contributed by atoms with Crippen LogP contribution in [-0.2, 0) is 14.4 Å². The molecular weight excluding hydrogens is 516 g/mol. The van der Waals surface area contributed by atoms with Crippen molar-refractivity contribution in [2.45, 2.75) is 5.92 Å². The summed E-state index contributed by atoms with van der Waals surface area (Å²) in [4.78, 5) is 36.1. The molecule has 12 nitrogen and oxygen atoms in total. The van der Waals surface area contributed by atoms with Crippen LogP contribution < -0.4 is 4.74 Å². The Labute approximate surface area is 218 Å². The highest BCUT2D eigenvalue weighted by atomic mass is 16.5. The Balaban J connectivity index is 1.85. The molecule has 0 fully saturated rings. The van der Waals surface area contributed by atoms with Crippen LogP contribution in [0.3, 0.4) is 0 Å². The van der Waals surface area contributed by atoms with E-state index in [0.717, 1.165) is 48.6 Å². The molecule has 2 unspecified atom stereocenters. The zero-order valence-corrected chi connectivity index (χ0v) is 19.6. The van der Waals surface area contributed by atoms with Gasteiger partial charge < -0.3 is 45.6 Å². The van der Waals surface area contributed by atoms with E-state index in [4.69, 9.17) is 4.74 Å². The third-order valence-corrected chi connectivity index (χ3v) is 6.08. The predicted octanol–water partition coefficient (Wildman–Crippen LogP) is 3.03. The van der Waals surface area contributed by atoms with Gasteiger partial charge in [-0.25, -0.2) is 9.59 Å². The Morgan fingerprint density at radius 2 is 1.38 bits per heavy atom. The Morgan fingerprint density at radius 1 is 0.744 bits per heavy atom. The largest absolute Gasteiger partial charge is 0.504 e. The minimum absolute atomic E-state index is 0.0837. The quantitative estimate of drug-likeness (QED) is 0.124. The molecule has 1 aliphatic rings. The third-order valence-electron chi connectivity index (χ3n) is 6.08. The first-order valence-corrected chi connectivity index (χ1v) is 11.1. The van der Waals surface area contributed by atoms with Gasteiger partial charge in [0.15, 0.2) is 34.5 Å². The molecule has 0 heterocycles. The van der Waals surface area contributed by atoms with Crippen LogP contribution in [-0.4, -0.2) is 58.8 Å². The van der Waals surface area contributed by atoms with Crippen molar-refractivity contribution in [2.75, 3.05) is 0 Å². The maximum Gasteiger partial charge on any atom is 0.371 e. The van der Waals surface area contributed by atoms with Crippen LogP contribution in [0, 0.1) is 5.92 Å². The summed E-state index contributed by atoms with van der Waals surface area (Å²) in [5.41, 5.74) is -0.0387. The van der Waals surface area contributed by atoms with Crippen molar-refractivity contribution >= 4 is 30.1 Å². The van der Waals surface area contributed by atoms with Gasteiger partial charge >= 0.3 is 17.9 Å². The molecule has 0 saturated heterocycles. The molecule has 8 N–H and O–H groups in total. The van der Waals surface area contributed by atoms with Crippen molar-refractivity contribution in [1.82, 2.24) is 0 Å². The monoisotopic (exact) mass is 536 g/mol. The zero-order chi connectivity index (χ0) is 28.6. The Morgan fingerprint density at radius 3 is 2.00 bits per heavy atom. The first kappa shape index (κ1) is 26.4. The number of carboxylic acids is 3. The Bertz CT molecular complexity index is 1580. The van der Waals surface area contributed by atoms with Crippen molar-refractivity contribution in [3.05, 3.63) is 82.1 Å².